The first-order valence-corrected chi connectivity index (χ1v) is 7.36. The number of likely N-dealkylation sites (tertiary alicyclic amines) is 1. The lowest BCUT2D eigenvalue weighted by atomic mass is 9.94. The number of aromatic amines is 1. The average molecular weight is 262 g/mol. The second-order valence-electron chi connectivity index (χ2n) is 5.00. The molecule has 96 valence electrons. The van der Waals surface area contributed by atoms with E-state index < -0.39 is 0 Å². The average Bonchev–Trinajstić information content (AvgIpc) is 3.03. The van der Waals surface area contributed by atoms with Crippen molar-refractivity contribution in [3.05, 3.63) is 34.0 Å². The predicted molar refractivity (Wildman–Crippen MR) is 72.7 cm³/mol. The zero-order valence-electron chi connectivity index (χ0n) is 10.6. The summed E-state index contributed by atoms with van der Waals surface area (Å²) in [7, 11) is 0. The first kappa shape index (κ1) is 11.9. The quantitative estimate of drug-likeness (QED) is 0.924. The maximum atomic E-state index is 4.44. The summed E-state index contributed by atoms with van der Waals surface area (Å²) in [5.74, 6) is 0.662. The van der Waals surface area contributed by atoms with Crippen LogP contribution in [0.4, 0.5) is 0 Å². The van der Waals surface area contributed by atoms with E-state index in [0.717, 1.165) is 19.6 Å². The van der Waals surface area contributed by atoms with Gasteiger partial charge in [-0.1, -0.05) is 0 Å². The van der Waals surface area contributed by atoms with Crippen LogP contribution in [-0.2, 0) is 6.54 Å². The van der Waals surface area contributed by atoms with Gasteiger partial charge in [-0.25, -0.2) is 4.98 Å². The van der Waals surface area contributed by atoms with E-state index >= 15 is 0 Å². The molecule has 3 heterocycles. The van der Waals surface area contributed by atoms with E-state index in [1.54, 1.807) is 11.3 Å². The van der Waals surface area contributed by atoms with E-state index in [0.29, 0.717) is 5.92 Å². The van der Waals surface area contributed by atoms with Gasteiger partial charge in [-0.15, -0.1) is 11.3 Å². The standard InChI is InChI=1S/C13H18N4S/c1-10-6-15-16-12(10)7-17-4-2-11(3-5-17)13-8-18-9-14-13/h6,8-9,11H,2-5,7H2,1H3,(H,15,16). The maximum absolute atomic E-state index is 4.44. The van der Waals surface area contributed by atoms with Gasteiger partial charge < -0.3 is 0 Å². The van der Waals surface area contributed by atoms with Crippen LogP contribution in [0.3, 0.4) is 0 Å². The second-order valence-corrected chi connectivity index (χ2v) is 5.71. The molecule has 2 aromatic heterocycles. The SMILES string of the molecule is Cc1cn[nH]c1CN1CCC(c2cscn2)CC1. The minimum absolute atomic E-state index is 0.662. The first-order chi connectivity index (χ1) is 8.83. The van der Waals surface area contributed by atoms with Gasteiger partial charge in [0.1, 0.15) is 0 Å². The van der Waals surface area contributed by atoms with Crippen LogP contribution >= 0.6 is 11.3 Å². The molecule has 2 aromatic rings. The Morgan fingerprint density at radius 1 is 1.44 bits per heavy atom. The molecule has 1 N–H and O–H groups in total. The monoisotopic (exact) mass is 262 g/mol. The number of aryl methyl sites for hydroxylation is 1. The van der Waals surface area contributed by atoms with E-state index in [1.807, 2.05) is 11.7 Å². The normalized spacial score (nSPS) is 18.3. The molecule has 0 atom stereocenters. The molecule has 4 nitrogen and oxygen atoms in total. The minimum Gasteiger partial charge on any atom is -0.297 e. The van der Waals surface area contributed by atoms with Gasteiger partial charge in [0.25, 0.3) is 0 Å². The van der Waals surface area contributed by atoms with Crippen LogP contribution < -0.4 is 0 Å². The third kappa shape index (κ3) is 2.47. The number of H-pyrrole nitrogens is 1. The van der Waals surface area contributed by atoms with Gasteiger partial charge >= 0.3 is 0 Å². The summed E-state index contributed by atoms with van der Waals surface area (Å²) >= 11 is 1.70. The second kappa shape index (κ2) is 5.20. The van der Waals surface area contributed by atoms with Crippen molar-refractivity contribution in [1.29, 1.82) is 0 Å². The van der Waals surface area contributed by atoms with Crippen LogP contribution in [0, 0.1) is 6.92 Å². The van der Waals surface area contributed by atoms with Crippen LogP contribution in [0.2, 0.25) is 0 Å². The Bertz CT molecular complexity index is 483. The minimum atomic E-state index is 0.662. The Morgan fingerprint density at radius 3 is 2.89 bits per heavy atom. The molecule has 1 aliphatic heterocycles. The zero-order chi connectivity index (χ0) is 12.4. The molecule has 0 unspecified atom stereocenters. The molecule has 0 aliphatic carbocycles. The molecule has 5 heteroatoms. The molecule has 0 saturated carbocycles. The van der Waals surface area contributed by atoms with Crippen molar-refractivity contribution in [2.24, 2.45) is 0 Å². The Kier molecular flexibility index (Phi) is 3.43. The zero-order valence-corrected chi connectivity index (χ0v) is 11.4. The highest BCUT2D eigenvalue weighted by atomic mass is 32.1. The van der Waals surface area contributed by atoms with Crippen molar-refractivity contribution in [1.82, 2.24) is 20.1 Å². The molecule has 0 amide bonds. The summed E-state index contributed by atoms with van der Waals surface area (Å²) in [5, 5.41) is 9.37. The lowest BCUT2D eigenvalue weighted by Crippen LogP contribution is -2.32. The Labute approximate surface area is 111 Å². The lowest BCUT2D eigenvalue weighted by molar-refractivity contribution is 0.201. The molecule has 0 aromatic carbocycles. The highest BCUT2D eigenvalue weighted by Gasteiger charge is 2.22. The van der Waals surface area contributed by atoms with Crippen LogP contribution in [0.25, 0.3) is 0 Å². The molecule has 1 aliphatic rings. The number of piperidine rings is 1. The summed E-state index contributed by atoms with van der Waals surface area (Å²) < 4.78 is 0. The number of thiazole rings is 1. The van der Waals surface area contributed by atoms with Crippen LogP contribution in [0.15, 0.2) is 17.1 Å². The molecule has 18 heavy (non-hydrogen) atoms. The number of hydrogen-bond acceptors (Lipinski definition) is 4. The van der Waals surface area contributed by atoms with Gasteiger partial charge in [0, 0.05) is 17.8 Å². The van der Waals surface area contributed by atoms with Crippen molar-refractivity contribution in [3.8, 4) is 0 Å². The van der Waals surface area contributed by atoms with Crippen LogP contribution in [0.5, 0.6) is 0 Å². The maximum Gasteiger partial charge on any atom is 0.0794 e. The Balaban J connectivity index is 1.56. The van der Waals surface area contributed by atoms with Gasteiger partial charge in [0.05, 0.1) is 23.1 Å². The molecule has 0 bridgehead atoms. The van der Waals surface area contributed by atoms with Gasteiger partial charge in [0.15, 0.2) is 0 Å². The molecular formula is C13H18N4S. The number of nitrogens with zero attached hydrogens (tertiary/aromatic N) is 3. The smallest absolute Gasteiger partial charge is 0.0794 e. The lowest BCUT2D eigenvalue weighted by Gasteiger charge is -2.30. The fraction of sp³-hybridized carbons (Fsp3) is 0.538. The third-order valence-electron chi connectivity index (χ3n) is 3.77. The predicted octanol–water partition coefficient (Wildman–Crippen LogP) is 2.55. The molecule has 1 saturated heterocycles. The van der Waals surface area contributed by atoms with Crippen molar-refractivity contribution >= 4 is 11.3 Å². The van der Waals surface area contributed by atoms with Gasteiger partial charge in [-0.2, -0.15) is 5.10 Å². The van der Waals surface area contributed by atoms with Crippen molar-refractivity contribution in [2.75, 3.05) is 13.1 Å². The largest absolute Gasteiger partial charge is 0.297 e. The summed E-state index contributed by atoms with van der Waals surface area (Å²) in [5.41, 5.74) is 5.74. The van der Waals surface area contributed by atoms with E-state index in [1.165, 1.54) is 29.8 Å². The highest BCUT2D eigenvalue weighted by Crippen LogP contribution is 2.28. The van der Waals surface area contributed by atoms with Crippen molar-refractivity contribution in [2.45, 2.75) is 32.2 Å². The summed E-state index contributed by atoms with van der Waals surface area (Å²) in [6, 6.07) is 0. The topological polar surface area (TPSA) is 44.8 Å². The molecule has 0 spiro atoms. The van der Waals surface area contributed by atoms with E-state index in [9.17, 15) is 0 Å². The van der Waals surface area contributed by atoms with Crippen molar-refractivity contribution < 1.29 is 0 Å². The number of nitrogens with one attached hydrogen (secondary N) is 1. The van der Waals surface area contributed by atoms with E-state index in [-0.39, 0.29) is 0 Å². The van der Waals surface area contributed by atoms with Crippen LogP contribution in [0.1, 0.15) is 35.7 Å². The third-order valence-corrected chi connectivity index (χ3v) is 4.38. The van der Waals surface area contributed by atoms with Gasteiger partial charge in [0.2, 0.25) is 0 Å². The number of rotatable bonds is 3. The number of aromatic nitrogens is 3. The van der Waals surface area contributed by atoms with Crippen LogP contribution in [-0.4, -0.2) is 33.2 Å². The summed E-state index contributed by atoms with van der Waals surface area (Å²) in [4.78, 5) is 6.94. The summed E-state index contributed by atoms with van der Waals surface area (Å²) in [6.07, 6.45) is 4.34. The number of hydrogen-bond donors (Lipinski definition) is 1. The van der Waals surface area contributed by atoms with Gasteiger partial charge in [-0.05, 0) is 38.4 Å². The molecule has 1 fully saturated rings. The fourth-order valence-corrected chi connectivity index (χ4v) is 3.20. The van der Waals surface area contributed by atoms with E-state index in [4.69, 9.17) is 0 Å². The van der Waals surface area contributed by atoms with E-state index in [2.05, 4.69) is 32.4 Å². The first-order valence-electron chi connectivity index (χ1n) is 6.42. The molecule has 0 radical (unpaired) electrons. The fourth-order valence-electron chi connectivity index (χ4n) is 2.57. The Morgan fingerprint density at radius 2 is 2.28 bits per heavy atom. The van der Waals surface area contributed by atoms with Gasteiger partial charge in [-0.3, -0.25) is 10.00 Å². The Hall–Kier alpha value is -1.20. The summed E-state index contributed by atoms with van der Waals surface area (Å²) in [6.45, 7) is 5.41. The van der Waals surface area contributed by atoms with Crippen molar-refractivity contribution in [3.63, 3.8) is 0 Å². The highest BCUT2D eigenvalue weighted by molar-refractivity contribution is 7.07. The molecule has 3 rings (SSSR count). The molecular weight excluding hydrogens is 244 g/mol.